The summed E-state index contributed by atoms with van der Waals surface area (Å²) in [6.07, 6.45) is 43.1. The number of hydrogen-bond acceptors (Lipinski definition) is 3. The van der Waals surface area contributed by atoms with E-state index in [1.165, 1.54) is 16.9 Å². The Morgan fingerprint density at radius 3 is 2.61 bits per heavy atom. The normalized spacial score (nSPS) is 24.9. The summed E-state index contributed by atoms with van der Waals surface area (Å²) in [4.78, 5) is 4.93. The molecule has 4 heteroatoms. The molecule has 2 aliphatic carbocycles. The second kappa shape index (κ2) is 17.8. The van der Waals surface area contributed by atoms with Crippen LogP contribution in [-0.2, 0) is 0 Å². The molecule has 0 saturated carbocycles. The molecule has 2 aromatic carbocycles. The summed E-state index contributed by atoms with van der Waals surface area (Å²) in [5.74, 6) is 3.91. The van der Waals surface area contributed by atoms with Crippen LogP contribution in [0.5, 0.6) is 5.75 Å². The fourth-order valence-electron chi connectivity index (χ4n) is 8.12. The van der Waals surface area contributed by atoms with E-state index in [9.17, 15) is 0 Å². The lowest BCUT2D eigenvalue weighted by Gasteiger charge is -2.53. The molecule has 6 rings (SSSR count). The van der Waals surface area contributed by atoms with Crippen molar-refractivity contribution in [3.05, 3.63) is 186 Å². The van der Waals surface area contributed by atoms with E-state index >= 15 is 0 Å². The largest absolute Gasteiger partial charge is 0.458 e. The van der Waals surface area contributed by atoms with Gasteiger partial charge in [-0.3, -0.25) is 0 Å². The molecule has 0 amide bonds. The first-order valence-corrected chi connectivity index (χ1v) is 19.7. The Bertz CT molecular complexity index is 1830. The Morgan fingerprint density at radius 1 is 1.00 bits per heavy atom. The highest BCUT2D eigenvalue weighted by Crippen LogP contribution is 2.58. The molecular formula is C47H51IN2O. The second-order valence-electron chi connectivity index (χ2n) is 13.9. The average molecular weight is 787 g/mol. The number of anilines is 2. The van der Waals surface area contributed by atoms with Crippen LogP contribution in [0.4, 0.5) is 11.4 Å². The van der Waals surface area contributed by atoms with Crippen LogP contribution in [0.25, 0.3) is 0 Å². The third-order valence-corrected chi connectivity index (χ3v) is 10.6. The molecule has 262 valence electrons. The molecule has 51 heavy (non-hydrogen) atoms. The molecule has 0 spiro atoms. The molecule has 2 aromatic rings. The van der Waals surface area contributed by atoms with Gasteiger partial charge in [0.1, 0.15) is 5.76 Å². The maximum absolute atomic E-state index is 6.62. The zero-order chi connectivity index (χ0) is 35.6. The Morgan fingerprint density at radius 2 is 1.80 bits per heavy atom. The smallest absolute Gasteiger partial charge is 0.150 e. The fourth-order valence-corrected chi connectivity index (χ4v) is 8.36. The van der Waals surface area contributed by atoms with E-state index in [1.54, 1.807) is 0 Å². The summed E-state index contributed by atoms with van der Waals surface area (Å²) >= 11 is 2.26. The Hall–Kier alpha value is -4.29. The van der Waals surface area contributed by atoms with E-state index in [-0.39, 0.29) is 18.0 Å². The van der Waals surface area contributed by atoms with Crippen LogP contribution in [0.15, 0.2) is 180 Å². The zero-order valence-electron chi connectivity index (χ0n) is 30.1. The van der Waals surface area contributed by atoms with Crippen LogP contribution >= 0.6 is 22.6 Å². The van der Waals surface area contributed by atoms with Crippen molar-refractivity contribution in [1.82, 2.24) is 4.90 Å². The van der Waals surface area contributed by atoms with Crippen LogP contribution in [0, 0.1) is 23.7 Å². The predicted molar refractivity (Wildman–Crippen MR) is 226 cm³/mol. The van der Waals surface area contributed by atoms with Gasteiger partial charge < -0.3 is 14.5 Å². The minimum atomic E-state index is 0.157. The topological polar surface area (TPSA) is 15.7 Å². The van der Waals surface area contributed by atoms with Gasteiger partial charge in [-0.2, -0.15) is 0 Å². The number of para-hydroxylation sites is 3. The third kappa shape index (κ3) is 8.28. The summed E-state index contributed by atoms with van der Waals surface area (Å²) in [6.45, 7) is 10.6. The molecule has 3 nitrogen and oxygen atoms in total. The summed E-state index contributed by atoms with van der Waals surface area (Å²) in [5, 5.41) is 0. The summed E-state index contributed by atoms with van der Waals surface area (Å²) in [6, 6.07) is 18.0. The van der Waals surface area contributed by atoms with Gasteiger partial charge in [0.2, 0.25) is 0 Å². The maximum atomic E-state index is 6.62. The quantitative estimate of drug-likeness (QED) is 0.114. The molecular weight excluding hydrogens is 735 g/mol. The van der Waals surface area contributed by atoms with E-state index in [1.807, 2.05) is 10.2 Å². The van der Waals surface area contributed by atoms with Gasteiger partial charge in [0.05, 0.1) is 17.8 Å². The van der Waals surface area contributed by atoms with Gasteiger partial charge in [0.15, 0.2) is 5.75 Å². The van der Waals surface area contributed by atoms with E-state index in [0.29, 0.717) is 23.7 Å². The predicted octanol–water partition coefficient (Wildman–Crippen LogP) is 12.8. The third-order valence-electron chi connectivity index (χ3n) is 10.2. The van der Waals surface area contributed by atoms with Gasteiger partial charge in [-0.1, -0.05) is 152 Å². The first kappa shape index (κ1) is 36.5. The van der Waals surface area contributed by atoms with Crippen molar-refractivity contribution in [3.63, 3.8) is 0 Å². The Kier molecular flexibility index (Phi) is 12.7. The van der Waals surface area contributed by atoms with E-state index in [2.05, 4.69) is 212 Å². The molecule has 0 saturated heterocycles. The maximum Gasteiger partial charge on any atom is 0.150 e. The minimum absolute atomic E-state index is 0.157. The molecule has 6 unspecified atom stereocenters. The number of fused-ring (bicyclic) bond motifs is 4. The molecule has 0 radical (unpaired) electrons. The van der Waals surface area contributed by atoms with Crippen molar-refractivity contribution < 1.29 is 4.74 Å². The number of rotatable bonds is 13. The van der Waals surface area contributed by atoms with Crippen molar-refractivity contribution in [2.45, 2.75) is 58.0 Å². The number of hydrogen-bond donors (Lipinski definition) is 0. The lowest BCUT2D eigenvalue weighted by atomic mass is 9.62. The number of nitrogens with zero attached hydrogens (tertiary/aromatic N) is 2. The van der Waals surface area contributed by atoms with Crippen LogP contribution in [0.1, 0.15) is 51.5 Å². The van der Waals surface area contributed by atoms with Crippen LogP contribution in [-0.4, -0.2) is 17.0 Å². The molecule has 6 atom stereocenters. The van der Waals surface area contributed by atoms with Gasteiger partial charge in [-0.15, -0.1) is 0 Å². The number of allylic oxidation sites excluding steroid dienone is 15. The number of halogens is 1. The highest BCUT2D eigenvalue weighted by atomic mass is 127. The minimum Gasteiger partial charge on any atom is -0.458 e. The second-order valence-corrected chi connectivity index (χ2v) is 14.6. The van der Waals surface area contributed by atoms with Crippen molar-refractivity contribution in [2.75, 3.05) is 4.90 Å². The van der Waals surface area contributed by atoms with Crippen LogP contribution in [0.3, 0.4) is 0 Å². The van der Waals surface area contributed by atoms with Crippen molar-refractivity contribution in [1.29, 1.82) is 0 Å². The molecule has 0 bridgehead atoms. The van der Waals surface area contributed by atoms with Crippen LogP contribution in [0.2, 0.25) is 0 Å². The molecule has 0 N–H and O–H groups in total. The Balaban J connectivity index is 1.32. The average Bonchev–Trinajstić information content (AvgIpc) is 3.15. The summed E-state index contributed by atoms with van der Waals surface area (Å²) in [5.41, 5.74) is 5.03. The number of benzene rings is 2. The zero-order valence-corrected chi connectivity index (χ0v) is 32.3. The SMILES string of the molecule is C=C/C=C(\C=C\C(C)C)N(/C=C/C=C/C1C=CC=CC1C1c2ccccc2N2c3ccccc3OC3=CCCC1C32)C(/C=C\C)C/C=C\C=C/I. The summed E-state index contributed by atoms with van der Waals surface area (Å²) in [7, 11) is 0. The van der Waals surface area contributed by atoms with E-state index in [4.69, 9.17) is 4.74 Å². The van der Waals surface area contributed by atoms with Crippen molar-refractivity contribution in [2.24, 2.45) is 23.7 Å². The molecule has 4 aliphatic rings. The molecule has 2 aliphatic heterocycles. The van der Waals surface area contributed by atoms with E-state index in [0.717, 1.165) is 36.5 Å². The van der Waals surface area contributed by atoms with Gasteiger partial charge in [0, 0.05) is 23.5 Å². The lowest BCUT2D eigenvalue weighted by Crippen LogP contribution is -2.51. The first-order valence-electron chi connectivity index (χ1n) is 18.4. The van der Waals surface area contributed by atoms with Gasteiger partial charge in [0.25, 0.3) is 0 Å². The highest BCUT2D eigenvalue weighted by molar-refractivity contribution is 14.1. The van der Waals surface area contributed by atoms with E-state index < -0.39 is 0 Å². The van der Waals surface area contributed by atoms with Crippen LogP contribution < -0.4 is 9.64 Å². The van der Waals surface area contributed by atoms with Crippen molar-refractivity contribution >= 4 is 34.0 Å². The Labute approximate surface area is 320 Å². The van der Waals surface area contributed by atoms with Gasteiger partial charge in [-0.05, 0) is 102 Å². The summed E-state index contributed by atoms with van der Waals surface area (Å²) < 4.78 is 8.66. The van der Waals surface area contributed by atoms with Crippen molar-refractivity contribution in [3.8, 4) is 5.75 Å². The molecule has 0 aromatic heterocycles. The standard InChI is InChI=1S/C47H51IN2O/c1-5-19-37(23-8-7-16-33-48)49(38(20-6-2)32-31-35(3)4)34-17-15-22-36-21-9-10-24-39(36)46-40-25-11-12-27-42(40)50-43-28-13-14-29-44(43)51-45-30-18-26-41(46)47(45)50/h5-17,19-22,24-25,27-37,39,41,46-47H,2,18,23,26H2,1,3-4H3/b8-7-,19-5-,22-15+,32-31+,33-16-,34-17+,38-20+. The number of ether oxygens (including phenoxy) is 1. The lowest BCUT2D eigenvalue weighted by molar-refractivity contribution is 0.209. The monoisotopic (exact) mass is 786 g/mol. The first-order chi connectivity index (χ1) is 25.0. The van der Waals surface area contributed by atoms with Gasteiger partial charge in [-0.25, -0.2) is 0 Å². The molecule has 2 heterocycles. The highest BCUT2D eigenvalue weighted by Gasteiger charge is 2.50. The van der Waals surface area contributed by atoms with Gasteiger partial charge >= 0.3 is 0 Å². The molecule has 0 fully saturated rings. The fraction of sp³-hybridized carbons (Fsp3) is 0.277.